The molecule has 0 aliphatic carbocycles. The number of halogens is 5. The Hall–Kier alpha value is 0.147. The van der Waals surface area contributed by atoms with Crippen LogP contribution in [-0.2, 0) is 49.0 Å². The summed E-state index contributed by atoms with van der Waals surface area (Å²) in [6.45, 7) is 21.5. The van der Waals surface area contributed by atoms with Crippen molar-refractivity contribution in [3.8, 4) is 11.5 Å². The van der Waals surface area contributed by atoms with Crippen LogP contribution in [0.3, 0.4) is 0 Å². The van der Waals surface area contributed by atoms with Gasteiger partial charge in [0.25, 0.3) is 0 Å². The summed E-state index contributed by atoms with van der Waals surface area (Å²) >= 11 is -0.944. The van der Waals surface area contributed by atoms with Gasteiger partial charge in [-0.3, -0.25) is 14.0 Å². The average molecular weight is 1270 g/mol. The standard InChI is InChI=1S/C33H54O5.2C2H6O.CH3F.4ClH.4H2N.H2O.2Pt/c1-22(2)12-9-13-23(3)14-10-15-24(4)16-11-20-33(8)21-19-28-27(7)31(25(5)26(6)32(28)38-33)37-30(36)18-17-29(34)35;2*1-2-3;1-2;;;;;;;;;;;/h22-24H,9-21H2,1-8H3,(H,34,35);2*3H,2H2,1H3;1H3;4*1H;5*1H2;;/q;;;;;;;;4*-1;;2*+4/p-4/i;;;1D;;;;;;;;;;;. The van der Waals surface area contributed by atoms with E-state index in [1.54, 1.807) is 13.8 Å². The average Bonchev–Trinajstić information content (AvgIpc) is 3.06. The normalized spacial score (nSPS) is 14.1. The van der Waals surface area contributed by atoms with Gasteiger partial charge in [-0.25, -0.2) is 0 Å². The molecule has 3 unspecified atom stereocenters. The zero-order valence-electron chi connectivity index (χ0n) is 36.9. The number of aliphatic hydroxyl groups is 2. The van der Waals surface area contributed by atoms with E-state index in [0.717, 1.165) is 65.0 Å². The number of carbonyl (C=O) groups is 2. The molecule has 1 aromatic carbocycles. The quantitative estimate of drug-likeness (QED) is 0.106. The molecule has 0 saturated carbocycles. The number of aliphatic hydroxyl groups excluding tert-OH is 2. The Morgan fingerprint density at radius 3 is 1.60 bits per heavy atom. The van der Waals surface area contributed by atoms with Gasteiger partial charge in [0.15, 0.2) is 0 Å². The van der Waals surface area contributed by atoms with Crippen LogP contribution in [0.5, 0.6) is 11.5 Å². The second kappa shape index (κ2) is 50.5. The molecule has 12 nitrogen and oxygen atoms in total. The van der Waals surface area contributed by atoms with Gasteiger partial charge in [-0.15, -0.1) is 0 Å². The van der Waals surface area contributed by atoms with Gasteiger partial charge < -0.3 is 54.9 Å². The van der Waals surface area contributed by atoms with Crippen LogP contribution < -0.4 is 9.47 Å². The summed E-state index contributed by atoms with van der Waals surface area (Å²) in [5.74, 6) is 2.42. The number of esters is 1. The first-order chi connectivity index (χ1) is 24.9. The summed E-state index contributed by atoms with van der Waals surface area (Å²) in [5, 5.41) is 24.0. The zero-order valence-corrected chi connectivity index (χ0v) is 43.4. The molecule has 0 aromatic heterocycles. The number of carbonyl (C=O) groups excluding carboxylic acids is 1. The van der Waals surface area contributed by atoms with Gasteiger partial charge >= 0.3 is 82.6 Å². The van der Waals surface area contributed by atoms with Gasteiger partial charge in [0.05, 0.1) is 21.4 Å². The Balaban J connectivity index is -0.000000149. The first-order valence-corrected chi connectivity index (χ1v) is 29.1. The molecular formula is C38H79Cl4FN4O8Pt2. The monoisotopic (exact) mass is 1270 g/mol. The largest absolute Gasteiger partial charge is 0.693 e. The Morgan fingerprint density at radius 2 is 1.21 bits per heavy atom. The second-order valence-corrected chi connectivity index (χ2v) is 20.1. The number of carboxylic acids is 1. The number of ether oxygens (including phenoxy) is 2. The summed E-state index contributed by atoms with van der Waals surface area (Å²) < 4.78 is 27.8. The van der Waals surface area contributed by atoms with Crippen molar-refractivity contribution in [2.45, 2.75) is 158 Å². The summed E-state index contributed by atoms with van der Waals surface area (Å²) in [6, 6.07) is 0. The number of fused-ring (bicyclic) bond motifs is 1. The summed E-state index contributed by atoms with van der Waals surface area (Å²) in [7, 11) is 18.5. The molecule has 19 heteroatoms. The number of alkyl halides is 1. The molecule has 0 amide bonds. The molecule has 0 radical (unpaired) electrons. The fourth-order valence-electron chi connectivity index (χ4n) is 5.79. The van der Waals surface area contributed by atoms with Crippen LogP contribution in [0.4, 0.5) is 4.39 Å². The predicted octanol–water partition coefficient (Wildman–Crippen LogP) is 14.3. The molecule has 1 aromatic rings. The maximum absolute atomic E-state index is 12.2. The van der Waals surface area contributed by atoms with Crippen LogP contribution in [-0.4, -0.2) is 58.7 Å². The SMILES string of the molecule is CCO.CCO.Cc1c(C)c2c(c(C)c1OC(=O)CCC(=O)O)CCC(C)(CCCC(C)CCCC(C)CCCC(C)C)O2.O.[2H]CF.[Cl][Pt+2][Cl].[Cl][Pt+2][Cl].[NH2-].[NH2-].[NH2-].[NH2-]. The Kier molecular flexibility index (Phi) is 66.1. The van der Waals surface area contributed by atoms with Crippen molar-refractivity contribution in [3.05, 3.63) is 46.9 Å². The molecule has 0 bridgehead atoms. The van der Waals surface area contributed by atoms with Gasteiger partial charge in [-0.1, -0.05) is 72.6 Å². The Morgan fingerprint density at radius 1 is 0.825 bits per heavy atom. The van der Waals surface area contributed by atoms with Crippen LogP contribution in [0, 0.1) is 38.5 Å². The number of aliphatic carboxylic acids is 1. The van der Waals surface area contributed by atoms with Gasteiger partial charge in [-0.2, -0.15) is 0 Å². The van der Waals surface area contributed by atoms with Crippen LogP contribution in [0.15, 0.2) is 0 Å². The number of hydrogen-bond donors (Lipinski definition) is 3. The van der Waals surface area contributed by atoms with Crippen molar-refractivity contribution < 1.29 is 78.6 Å². The molecule has 57 heavy (non-hydrogen) atoms. The Labute approximate surface area is 380 Å². The predicted molar refractivity (Wildman–Crippen MR) is 236 cm³/mol. The van der Waals surface area contributed by atoms with Crippen LogP contribution in [0.1, 0.15) is 149 Å². The van der Waals surface area contributed by atoms with Crippen molar-refractivity contribution in [2.24, 2.45) is 17.8 Å². The minimum atomic E-state index is -1.00. The van der Waals surface area contributed by atoms with E-state index in [0.29, 0.717) is 5.75 Å². The maximum Gasteiger partial charge on any atom is -0.693 e. The Bertz CT molecular complexity index is 1080. The van der Waals surface area contributed by atoms with E-state index in [-0.39, 0.29) is 61.7 Å². The number of carboxylic acid groups (broad SMARTS) is 1. The topological polar surface area (TPSA) is 279 Å². The van der Waals surface area contributed by atoms with E-state index >= 15 is 0 Å². The van der Waals surface area contributed by atoms with E-state index in [4.69, 9.17) is 63.8 Å². The van der Waals surface area contributed by atoms with E-state index in [1.807, 2.05) is 20.8 Å². The van der Waals surface area contributed by atoms with Crippen molar-refractivity contribution in [2.75, 3.05) is 20.4 Å². The zero-order chi connectivity index (χ0) is 42.0. The molecule has 354 valence electrons. The van der Waals surface area contributed by atoms with E-state index in [2.05, 4.69) is 34.6 Å². The summed E-state index contributed by atoms with van der Waals surface area (Å²) in [6.07, 6.45) is 13.1. The third-order valence-corrected chi connectivity index (χ3v) is 8.60. The molecule has 3 atom stereocenters. The number of benzene rings is 1. The molecule has 2 rings (SSSR count). The molecule has 1 aliphatic heterocycles. The van der Waals surface area contributed by atoms with Crippen LogP contribution >= 0.6 is 37.7 Å². The first-order valence-electron chi connectivity index (χ1n) is 18.6. The number of nitrogens with two attached hydrogens (primary N) is 4. The molecule has 0 fully saturated rings. The van der Waals surface area contributed by atoms with Crippen molar-refractivity contribution in [1.29, 1.82) is 0 Å². The van der Waals surface area contributed by atoms with Gasteiger partial charge in [-0.05, 0) is 102 Å². The molecule has 13 N–H and O–H groups in total. The number of hydrogen-bond acceptors (Lipinski definition) is 6. The third kappa shape index (κ3) is 41.3. The fourth-order valence-corrected chi connectivity index (χ4v) is 5.79. The second-order valence-electron chi connectivity index (χ2n) is 13.5. The fraction of sp³-hybridized carbons (Fsp3) is 0.789. The van der Waals surface area contributed by atoms with Crippen molar-refractivity contribution in [1.82, 2.24) is 0 Å². The number of rotatable bonds is 16. The summed E-state index contributed by atoms with van der Waals surface area (Å²) in [4.78, 5) is 23.0. The molecular weight excluding hydrogens is 1190 g/mol. The van der Waals surface area contributed by atoms with E-state index in [9.17, 15) is 14.0 Å². The third-order valence-electron chi connectivity index (χ3n) is 8.60. The van der Waals surface area contributed by atoms with Crippen LogP contribution in [0.25, 0.3) is 24.6 Å². The molecule has 0 spiro atoms. The van der Waals surface area contributed by atoms with E-state index < -0.39 is 52.1 Å². The first kappa shape index (κ1) is 74.6. The smallest absolute Gasteiger partial charge is 0.693 e. The van der Waals surface area contributed by atoms with Crippen LogP contribution in [0.2, 0.25) is 0 Å². The summed E-state index contributed by atoms with van der Waals surface area (Å²) in [5.41, 5.74) is 3.76. The van der Waals surface area contributed by atoms with Gasteiger partial charge in [0.1, 0.15) is 17.1 Å². The minimum absolute atomic E-state index is 0. The molecule has 0 saturated heterocycles. The van der Waals surface area contributed by atoms with Gasteiger partial charge in [0, 0.05) is 18.8 Å². The molecule has 1 aliphatic rings. The van der Waals surface area contributed by atoms with Gasteiger partial charge in [0.2, 0.25) is 0 Å². The maximum atomic E-state index is 12.2. The van der Waals surface area contributed by atoms with Crippen molar-refractivity contribution in [3.63, 3.8) is 0 Å². The van der Waals surface area contributed by atoms with Crippen molar-refractivity contribution >= 4 is 49.6 Å². The van der Waals surface area contributed by atoms with E-state index in [1.165, 1.54) is 51.4 Å². The minimum Gasteiger partial charge on any atom is -0.693 e. The molecule has 1 heterocycles.